The zero-order valence-electron chi connectivity index (χ0n) is 15.6. The minimum Gasteiger partial charge on any atom is -0.495 e. The number of nitrogens with zero attached hydrogens (tertiary/aromatic N) is 1. The maximum atomic E-state index is 12.9. The number of methoxy groups -OCH3 is 2. The normalized spacial score (nSPS) is 14.8. The summed E-state index contributed by atoms with van der Waals surface area (Å²) in [5.74, 6) is 3.01. The van der Waals surface area contributed by atoms with Crippen molar-refractivity contribution in [1.82, 2.24) is 0 Å². The number of carbonyl (C=O) groups is 2. The van der Waals surface area contributed by atoms with E-state index in [4.69, 9.17) is 32.2 Å². The minimum atomic E-state index is -0.452. The van der Waals surface area contributed by atoms with E-state index in [1.165, 1.54) is 14.2 Å². The van der Waals surface area contributed by atoms with Crippen molar-refractivity contribution in [3.8, 4) is 29.6 Å². The lowest BCUT2D eigenvalue weighted by atomic mass is 10.1. The lowest BCUT2D eigenvalue weighted by Crippen LogP contribution is -2.28. The second-order valence-electron chi connectivity index (χ2n) is 5.72. The number of hydrogen-bond donors (Lipinski definition) is 0. The fraction of sp³-hybridized carbons (Fsp3) is 0.143. The number of anilines is 1. The summed E-state index contributed by atoms with van der Waals surface area (Å²) >= 11 is 7.10. The summed E-state index contributed by atoms with van der Waals surface area (Å²) in [5.41, 5.74) is 0.958. The number of hydrogen-bond acceptors (Lipinski definition) is 6. The summed E-state index contributed by atoms with van der Waals surface area (Å²) in [7, 11) is 2.94. The topological polar surface area (TPSA) is 65.1 Å². The number of ether oxygens (including phenoxy) is 3. The van der Waals surface area contributed by atoms with E-state index in [-0.39, 0.29) is 16.5 Å². The maximum absolute atomic E-state index is 12.9. The molecular formula is C21H16ClNO5S. The summed E-state index contributed by atoms with van der Waals surface area (Å²) in [5, 5.41) is -0.146. The Hall–Kier alpha value is -3.08. The van der Waals surface area contributed by atoms with E-state index >= 15 is 0 Å². The zero-order chi connectivity index (χ0) is 21.0. The first kappa shape index (κ1) is 20.6. The summed E-state index contributed by atoms with van der Waals surface area (Å²) in [6.07, 6.45) is 6.78. The van der Waals surface area contributed by atoms with Crippen molar-refractivity contribution in [2.45, 2.75) is 0 Å². The van der Waals surface area contributed by atoms with Crippen LogP contribution in [0.25, 0.3) is 6.08 Å². The molecule has 1 saturated heterocycles. The van der Waals surface area contributed by atoms with Crippen LogP contribution in [0.3, 0.4) is 0 Å². The molecule has 1 aliphatic rings. The predicted molar refractivity (Wildman–Crippen MR) is 114 cm³/mol. The average molecular weight is 430 g/mol. The van der Waals surface area contributed by atoms with Crippen LogP contribution in [0.5, 0.6) is 17.2 Å². The summed E-state index contributed by atoms with van der Waals surface area (Å²) in [6.45, 7) is 0.0349. The van der Waals surface area contributed by atoms with Gasteiger partial charge in [0.25, 0.3) is 11.1 Å². The highest BCUT2D eigenvalue weighted by Crippen LogP contribution is 2.41. The first-order valence-corrected chi connectivity index (χ1v) is 9.54. The highest BCUT2D eigenvalue weighted by Gasteiger charge is 2.37. The fourth-order valence-electron chi connectivity index (χ4n) is 2.72. The highest BCUT2D eigenvalue weighted by atomic mass is 35.5. The molecule has 1 aliphatic heterocycles. The van der Waals surface area contributed by atoms with Crippen molar-refractivity contribution in [1.29, 1.82) is 0 Å². The van der Waals surface area contributed by atoms with Gasteiger partial charge in [0.05, 0.1) is 29.8 Å². The summed E-state index contributed by atoms with van der Waals surface area (Å²) in [4.78, 5) is 26.7. The number of thioether (sulfide) groups is 1. The Balaban J connectivity index is 1.96. The number of halogens is 1. The Kier molecular flexibility index (Phi) is 6.37. The Morgan fingerprint density at radius 1 is 1.17 bits per heavy atom. The molecule has 0 unspecified atom stereocenters. The molecule has 0 aromatic heterocycles. The predicted octanol–water partition coefficient (Wildman–Crippen LogP) is 4.61. The van der Waals surface area contributed by atoms with E-state index in [1.807, 2.05) is 0 Å². The molecule has 2 amide bonds. The zero-order valence-corrected chi connectivity index (χ0v) is 17.2. The third kappa shape index (κ3) is 4.19. The van der Waals surface area contributed by atoms with Crippen molar-refractivity contribution in [3.63, 3.8) is 0 Å². The molecule has 6 nitrogen and oxygen atoms in total. The molecule has 8 heteroatoms. The highest BCUT2D eigenvalue weighted by molar-refractivity contribution is 8.19. The molecule has 0 bridgehead atoms. The Morgan fingerprint density at radius 2 is 1.90 bits per heavy atom. The fourth-order valence-corrected chi connectivity index (χ4v) is 3.83. The van der Waals surface area contributed by atoms with Crippen molar-refractivity contribution >= 4 is 46.3 Å². The van der Waals surface area contributed by atoms with Gasteiger partial charge in [0.15, 0.2) is 11.5 Å². The first-order valence-electron chi connectivity index (χ1n) is 8.35. The van der Waals surface area contributed by atoms with E-state index in [0.717, 1.165) is 16.7 Å². The van der Waals surface area contributed by atoms with Gasteiger partial charge >= 0.3 is 0 Å². The largest absolute Gasteiger partial charge is 0.495 e. The first-order chi connectivity index (χ1) is 14.0. The molecule has 1 fully saturated rings. The van der Waals surface area contributed by atoms with Crippen molar-refractivity contribution in [3.05, 3.63) is 51.9 Å². The molecule has 3 rings (SSSR count). The van der Waals surface area contributed by atoms with Crippen LogP contribution < -0.4 is 19.1 Å². The van der Waals surface area contributed by atoms with Crippen molar-refractivity contribution < 1.29 is 23.8 Å². The lowest BCUT2D eigenvalue weighted by molar-refractivity contribution is -0.113. The van der Waals surface area contributed by atoms with Gasteiger partial charge < -0.3 is 14.2 Å². The molecule has 0 atom stereocenters. The second-order valence-corrected chi connectivity index (χ2v) is 7.12. The monoisotopic (exact) mass is 429 g/mol. The molecule has 0 saturated carbocycles. The van der Waals surface area contributed by atoms with Crippen LogP contribution >= 0.6 is 23.4 Å². The number of carbonyl (C=O) groups excluding carboxylic acids is 2. The number of amides is 2. The van der Waals surface area contributed by atoms with Crippen molar-refractivity contribution in [2.75, 3.05) is 25.7 Å². The minimum absolute atomic E-state index is 0.0349. The molecule has 2 aromatic carbocycles. The standard InChI is InChI=1S/C21H16ClNO5S/c1-4-9-28-19-14(22)10-13(11-17(19)27-3)12-18-20(24)23(21(25)29-18)15-7-5-6-8-16(15)26-2/h1,5-8,10-12H,9H2,2-3H3/b18-12-. The molecule has 29 heavy (non-hydrogen) atoms. The van der Waals surface area contributed by atoms with E-state index in [0.29, 0.717) is 28.5 Å². The van der Waals surface area contributed by atoms with Crippen LogP contribution in [0.15, 0.2) is 41.3 Å². The van der Waals surface area contributed by atoms with Crippen LogP contribution in [0.4, 0.5) is 10.5 Å². The Bertz CT molecular complexity index is 1040. The molecule has 0 aliphatic carbocycles. The van der Waals surface area contributed by atoms with Crippen LogP contribution in [-0.4, -0.2) is 32.0 Å². The third-order valence-corrected chi connectivity index (χ3v) is 5.12. The van der Waals surface area contributed by atoms with Crippen LogP contribution in [0.1, 0.15) is 5.56 Å². The van der Waals surface area contributed by atoms with E-state index in [2.05, 4.69) is 5.92 Å². The lowest BCUT2D eigenvalue weighted by Gasteiger charge is -2.15. The van der Waals surface area contributed by atoms with E-state index < -0.39 is 11.1 Å². The SMILES string of the molecule is C#CCOc1c(Cl)cc(/C=C2\SC(=O)N(c3ccccc3OC)C2=O)cc1OC. The second kappa shape index (κ2) is 8.95. The molecular weight excluding hydrogens is 414 g/mol. The number of para-hydroxylation sites is 2. The molecule has 1 heterocycles. The van der Waals surface area contributed by atoms with Crippen LogP contribution in [-0.2, 0) is 4.79 Å². The van der Waals surface area contributed by atoms with Gasteiger partial charge in [-0.1, -0.05) is 29.7 Å². The van der Waals surface area contributed by atoms with E-state index in [9.17, 15) is 9.59 Å². The average Bonchev–Trinajstić information content (AvgIpc) is 2.99. The number of imide groups is 1. The smallest absolute Gasteiger partial charge is 0.298 e. The summed E-state index contributed by atoms with van der Waals surface area (Å²) in [6, 6.07) is 10.1. The van der Waals surface area contributed by atoms with Crippen LogP contribution in [0, 0.1) is 12.3 Å². The van der Waals surface area contributed by atoms with Gasteiger partial charge in [-0.25, -0.2) is 4.90 Å². The Labute approximate surface area is 177 Å². The number of benzene rings is 2. The van der Waals surface area contributed by atoms with Crippen molar-refractivity contribution in [2.24, 2.45) is 0 Å². The molecule has 0 spiro atoms. The van der Waals surface area contributed by atoms with Gasteiger partial charge in [0.2, 0.25) is 0 Å². The van der Waals surface area contributed by atoms with Crippen LogP contribution in [0.2, 0.25) is 5.02 Å². The molecule has 0 N–H and O–H groups in total. The number of rotatable bonds is 6. The number of terminal acetylenes is 1. The quantitative estimate of drug-likeness (QED) is 0.493. The van der Waals surface area contributed by atoms with Gasteiger partial charge in [-0.3, -0.25) is 9.59 Å². The van der Waals surface area contributed by atoms with Gasteiger partial charge in [-0.2, -0.15) is 0 Å². The van der Waals surface area contributed by atoms with Gasteiger partial charge in [-0.05, 0) is 47.7 Å². The maximum Gasteiger partial charge on any atom is 0.298 e. The third-order valence-electron chi connectivity index (χ3n) is 3.97. The van der Waals surface area contributed by atoms with E-state index in [1.54, 1.807) is 42.5 Å². The Morgan fingerprint density at radius 3 is 2.59 bits per heavy atom. The van der Waals surface area contributed by atoms with Gasteiger partial charge in [0, 0.05) is 0 Å². The summed E-state index contributed by atoms with van der Waals surface area (Å²) < 4.78 is 16.0. The molecule has 0 radical (unpaired) electrons. The molecule has 148 valence electrons. The van der Waals surface area contributed by atoms with Gasteiger partial charge in [0.1, 0.15) is 12.4 Å². The van der Waals surface area contributed by atoms with Gasteiger partial charge in [-0.15, -0.1) is 6.42 Å². The molecule has 2 aromatic rings.